The van der Waals surface area contributed by atoms with Crippen molar-refractivity contribution in [1.29, 1.82) is 0 Å². The van der Waals surface area contributed by atoms with Gasteiger partial charge in [-0.15, -0.1) is 0 Å². The number of carboxylic acid groups (broad SMARTS) is 1. The summed E-state index contributed by atoms with van der Waals surface area (Å²) >= 11 is 0. The smallest absolute Gasteiger partial charge is 0.340 e. The lowest BCUT2D eigenvalue weighted by molar-refractivity contribution is 0.0693. The highest BCUT2D eigenvalue weighted by Crippen LogP contribution is 2.18. The first-order valence-electron chi connectivity index (χ1n) is 5.49. The number of hydrogen-bond acceptors (Lipinski definition) is 4. The Morgan fingerprint density at radius 2 is 2.20 bits per heavy atom. The summed E-state index contributed by atoms with van der Waals surface area (Å²) in [5, 5.41) is 19.7. The van der Waals surface area contributed by atoms with E-state index in [9.17, 15) is 14.0 Å². The molecule has 0 aliphatic carbocycles. The molecule has 104 valence electrons. The van der Waals surface area contributed by atoms with Gasteiger partial charge in [0.15, 0.2) is 0 Å². The molecule has 0 saturated carbocycles. The van der Waals surface area contributed by atoms with Crippen LogP contribution in [0.1, 0.15) is 16.2 Å². The lowest BCUT2D eigenvalue weighted by atomic mass is 10.1. The van der Waals surface area contributed by atoms with Crippen molar-refractivity contribution in [3.63, 3.8) is 0 Å². The van der Waals surface area contributed by atoms with Crippen LogP contribution in [0.15, 0.2) is 24.5 Å². The Morgan fingerprint density at radius 3 is 2.85 bits per heavy atom. The van der Waals surface area contributed by atoms with Crippen LogP contribution in [0.5, 0.6) is 0 Å². The zero-order valence-corrected chi connectivity index (χ0v) is 10.1. The van der Waals surface area contributed by atoms with E-state index in [4.69, 9.17) is 5.11 Å². The lowest BCUT2D eigenvalue weighted by Gasteiger charge is -2.09. The predicted octanol–water partition coefficient (Wildman–Crippen LogP) is 0.964. The van der Waals surface area contributed by atoms with Crippen molar-refractivity contribution in [2.75, 3.05) is 5.32 Å². The molecule has 0 fully saturated rings. The zero-order chi connectivity index (χ0) is 14.5. The highest BCUT2D eigenvalue weighted by Gasteiger charge is 2.17. The van der Waals surface area contributed by atoms with Crippen LogP contribution in [0.3, 0.4) is 0 Å². The molecule has 0 radical (unpaired) electrons. The quantitative estimate of drug-likeness (QED) is 0.664. The van der Waals surface area contributed by atoms with Gasteiger partial charge in [-0.05, 0) is 12.1 Å². The van der Waals surface area contributed by atoms with Gasteiger partial charge in [0.2, 0.25) is 0 Å². The minimum absolute atomic E-state index is 0.0730. The molecular formula is C11H10FN5O3. The second-order valence-corrected chi connectivity index (χ2v) is 3.71. The lowest BCUT2D eigenvalue weighted by Crippen LogP contribution is -2.29. The van der Waals surface area contributed by atoms with Crippen molar-refractivity contribution < 1.29 is 19.1 Å². The topological polar surface area (TPSA) is 120 Å². The van der Waals surface area contributed by atoms with Crippen molar-refractivity contribution in [3.8, 4) is 0 Å². The highest BCUT2D eigenvalue weighted by molar-refractivity contribution is 6.00. The second-order valence-electron chi connectivity index (χ2n) is 3.71. The maximum absolute atomic E-state index is 13.4. The van der Waals surface area contributed by atoms with Crippen LogP contribution in [0.4, 0.5) is 14.9 Å². The minimum atomic E-state index is -1.46. The molecule has 1 aromatic heterocycles. The highest BCUT2D eigenvalue weighted by atomic mass is 19.1. The largest absolute Gasteiger partial charge is 0.478 e. The number of hydrogen-bond donors (Lipinski definition) is 4. The molecule has 0 aliphatic rings. The van der Waals surface area contributed by atoms with Crippen LogP contribution >= 0.6 is 0 Å². The van der Waals surface area contributed by atoms with Crippen molar-refractivity contribution in [1.82, 2.24) is 20.5 Å². The zero-order valence-electron chi connectivity index (χ0n) is 10.1. The maximum atomic E-state index is 13.4. The van der Waals surface area contributed by atoms with E-state index in [2.05, 4.69) is 25.8 Å². The van der Waals surface area contributed by atoms with Crippen molar-refractivity contribution in [2.45, 2.75) is 6.54 Å². The molecule has 1 heterocycles. The van der Waals surface area contributed by atoms with Gasteiger partial charge in [0.25, 0.3) is 0 Å². The van der Waals surface area contributed by atoms with E-state index < -0.39 is 23.4 Å². The number of aromatic nitrogens is 3. The standard InChI is InChI=1S/C11H10FN5O3/c12-6-2-1-3-7(9(6)10(18)19)16-11(20)13-4-8-14-5-15-17-8/h1-3,5H,4H2,(H,18,19)(H2,13,16,20)(H,14,15,17). The molecule has 0 spiro atoms. The molecule has 0 saturated heterocycles. The van der Waals surface area contributed by atoms with Gasteiger partial charge in [0, 0.05) is 0 Å². The first-order chi connectivity index (χ1) is 9.58. The number of aromatic carboxylic acids is 1. The Labute approximate surface area is 112 Å². The van der Waals surface area contributed by atoms with Crippen LogP contribution in [0.25, 0.3) is 0 Å². The maximum Gasteiger partial charge on any atom is 0.340 e. The van der Waals surface area contributed by atoms with Gasteiger partial charge < -0.3 is 15.7 Å². The monoisotopic (exact) mass is 279 g/mol. The molecule has 2 aromatic rings. The second kappa shape index (κ2) is 5.78. The fourth-order valence-electron chi connectivity index (χ4n) is 1.49. The van der Waals surface area contributed by atoms with E-state index in [1.165, 1.54) is 18.5 Å². The Morgan fingerprint density at radius 1 is 1.40 bits per heavy atom. The molecule has 8 nitrogen and oxygen atoms in total. The number of halogens is 1. The number of benzene rings is 1. The summed E-state index contributed by atoms with van der Waals surface area (Å²) in [6.07, 6.45) is 1.28. The van der Waals surface area contributed by atoms with E-state index in [-0.39, 0.29) is 12.2 Å². The Balaban J connectivity index is 2.04. The molecule has 0 bridgehead atoms. The van der Waals surface area contributed by atoms with Crippen LogP contribution in [0, 0.1) is 5.82 Å². The fraction of sp³-hybridized carbons (Fsp3) is 0.0909. The summed E-state index contributed by atoms with van der Waals surface area (Å²) in [6.45, 7) is 0.0730. The molecular weight excluding hydrogens is 269 g/mol. The summed E-state index contributed by atoms with van der Waals surface area (Å²) in [6, 6.07) is 2.91. The number of carbonyl (C=O) groups is 2. The van der Waals surface area contributed by atoms with Gasteiger partial charge in [0.05, 0.1) is 12.2 Å². The third kappa shape index (κ3) is 3.07. The van der Waals surface area contributed by atoms with E-state index in [0.717, 1.165) is 6.07 Å². The third-order valence-corrected chi connectivity index (χ3v) is 2.36. The van der Waals surface area contributed by atoms with Crippen molar-refractivity contribution >= 4 is 17.7 Å². The molecule has 2 rings (SSSR count). The van der Waals surface area contributed by atoms with Gasteiger partial charge in [-0.2, -0.15) is 5.10 Å². The van der Waals surface area contributed by atoms with E-state index in [1.54, 1.807) is 0 Å². The van der Waals surface area contributed by atoms with Gasteiger partial charge in [-0.1, -0.05) is 6.07 Å². The molecule has 9 heteroatoms. The van der Waals surface area contributed by atoms with Crippen LogP contribution in [-0.4, -0.2) is 32.3 Å². The van der Waals surface area contributed by atoms with Gasteiger partial charge in [-0.25, -0.2) is 19.0 Å². The van der Waals surface area contributed by atoms with Crippen LogP contribution in [0.2, 0.25) is 0 Å². The number of H-pyrrole nitrogens is 1. The van der Waals surface area contributed by atoms with Gasteiger partial charge in [-0.3, -0.25) is 5.10 Å². The van der Waals surface area contributed by atoms with Crippen LogP contribution in [-0.2, 0) is 6.54 Å². The van der Waals surface area contributed by atoms with Crippen molar-refractivity contribution in [3.05, 3.63) is 41.7 Å². The predicted molar refractivity (Wildman–Crippen MR) is 65.6 cm³/mol. The average molecular weight is 279 g/mol. The molecule has 20 heavy (non-hydrogen) atoms. The SMILES string of the molecule is O=C(NCc1ncn[nH]1)Nc1cccc(F)c1C(=O)O. The first-order valence-corrected chi connectivity index (χ1v) is 5.49. The molecule has 4 N–H and O–H groups in total. The number of urea groups is 1. The molecule has 2 amide bonds. The molecule has 1 aromatic carbocycles. The van der Waals surface area contributed by atoms with Gasteiger partial charge in [0.1, 0.15) is 23.5 Å². The van der Waals surface area contributed by atoms with E-state index in [1.807, 2.05) is 0 Å². The number of rotatable bonds is 4. The summed E-state index contributed by atoms with van der Waals surface area (Å²) in [5.41, 5.74) is -0.727. The number of nitrogens with one attached hydrogen (secondary N) is 3. The average Bonchev–Trinajstić information content (AvgIpc) is 2.89. The summed E-state index contributed by atoms with van der Waals surface area (Å²) in [4.78, 5) is 26.3. The Hall–Kier alpha value is -2.97. The van der Waals surface area contributed by atoms with Gasteiger partial charge >= 0.3 is 12.0 Å². The fourth-order valence-corrected chi connectivity index (χ4v) is 1.49. The number of carbonyl (C=O) groups excluding carboxylic acids is 1. The van der Waals surface area contributed by atoms with E-state index in [0.29, 0.717) is 5.82 Å². The van der Waals surface area contributed by atoms with Crippen molar-refractivity contribution in [2.24, 2.45) is 0 Å². The van der Waals surface area contributed by atoms with E-state index >= 15 is 0 Å². The number of anilines is 1. The Bertz CT molecular complexity index is 629. The molecule has 0 aliphatic heterocycles. The normalized spacial score (nSPS) is 10.1. The molecule has 0 atom stereocenters. The summed E-state index contributed by atoms with van der Waals surface area (Å²) in [5.74, 6) is -1.96. The Kier molecular flexibility index (Phi) is 3.89. The summed E-state index contributed by atoms with van der Waals surface area (Å²) < 4.78 is 13.4. The van der Waals surface area contributed by atoms with Crippen LogP contribution < -0.4 is 10.6 Å². The number of amides is 2. The summed E-state index contributed by atoms with van der Waals surface area (Å²) in [7, 11) is 0. The molecule has 0 unspecified atom stereocenters. The number of nitrogens with zero attached hydrogens (tertiary/aromatic N) is 2. The first kappa shape index (κ1) is 13.5. The number of aromatic amines is 1. The third-order valence-electron chi connectivity index (χ3n) is 2.36. The number of carboxylic acids is 1. The minimum Gasteiger partial charge on any atom is -0.478 e.